The van der Waals surface area contributed by atoms with E-state index < -0.39 is 0 Å². The van der Waals surface area contributed by atoms with Crippen LogP contribution in [0.2, 0.25) is 0 Å². The van der Waals surface area contributed by atoms with E-state index in [9.17, 15) is 0 Å². The van der Waals surface area contributed by atoms with Crippen LogP contribution in [0.4, 0.5) is 11.6 Å². The summed E-state index contributed by atoms with van der Waals surface area (Å²) in [6, 6.07) is 0.525. The SMILES string of the molecule is CCCNc1cncc(NC2CCN(C)CC2)n1. The molecule has 0 atom stereocenters. The van der Waals surface area contributed by atoms with Crippen molar-refractivity contribution in [3.05, 3.63) is 12.4 Å². The topological polar surface area (TPSA) is 53.1 Å². The molecule has 1 aromatic heterocycles. The van der Waals surface area contributed by atoms with Crippen LogP contribution in [0.5, 0.6) is 0 Å². The van der Waals surface area contributed by atoms with Crippen LogP contribution in [-0.2, 0) is 0 Å². The van der Waals surface area contributed by atoms with Crippen molar-refractivity contribution in [2.24, 2.45) is 0 Å². The van der Waals surface area contributed by atoms with Crippen molar-refractivity contribution >= 4 is 11.6 Å². The molecule has 18 heavy (non-hydrogen) atoms. The van der Waals surface area contributed by atoms with E-state index in [2.05, 4.69) is 39.5 Å². The van der Waals surface area contributed by atoms with Gasteiger partial charge in [-0.15, -0.1) is 0 Å². The third-order valence-electron chi connectivity index (χ3n) is 3.26. The summed E-state index contributed by atoms with van der Waals surface area (Å²) in [6.45, 7) is 5.38. The highest BCUT2D eigenvalue weighted by Gasteiger charge is 2.16. The average molecular weight is 249 g/mol. The Morgan fingerprint density at radius 1 is 1.28 bits per heavy atom. The van der Waals surface area contributed by atoms with Gasteiger partial charge in [-0.2, -0.15) is 0 Å². The fourth-order valence-corrected chi connectivity index (χ4v) is 2.14. The van der Waals surface area contributed by atoms with Crippen molar-refractivity contribution in [2.45, 2.75) is 32.2 Å². The van der Waals surface area contributed by atoms with Crippen molar-refractivity contribution in [1.82, 2.24) is 14.9 Å². The molecule has 2 rings (SSSR count). The number of likely N-dealkylation sites (tertiary alicyclic amines) is 1. The summed E-state index contributed by atoms with van der Waals surface area (Å²) < 4.78 is 0. The Balaban J connectivity index is 1.88. The lowest BCUT2D eigenvalue weighted by atomic mass is 10.1. The summed E-state index contributed by atoms with van der Waals surface area (Å²) in [5.41, 5.74) is 0. The van der Waals surface area contributed by atoms with Gasteiger partial charge in [-0.1, -0.05) is 6.92 Å². The maximum absolute atomic E-state index is 4.53. The minimum absolute atomic E-state index is 0.525. The highest BCUT2D eigenvalue weighted by atomic mass is 15.1. The molecule has 2 heterocycles. The fourth-order valence-electron chi connectivity index (χ4n) is 2.14. The van der Waals surface area contributed by atoms with Gasteiger partial charge < -0.3 is 15.5 Å². The zero-order valence-corrected chi connectivity index (χ0v) is 11.3. The summed E-state index contributed by atoms with van der Waals surface area (Å²) in [7, 11) is 2.17. The van der Waals surface area contributed by atoms with Gasteiger partial charge in [0.25, 0.3) is 0 Å². The van der Waals surface area contributed by atoms with Gasteiger partial charge in [0.05, 0.1) is 12.4 Å². The molecule has 1 fully saturated rings. The number of nitrogens with zero attached hydrogens (tertiary/aromatic N) is 3. The van der Waals surface area contributed by atoms with Gasteiger partial charge in [0, 0.05) is 12.6 Å². The van der Waals surface area contributed by atoms with Crippen LogP contribution in [0, 0.1) is 0 Å². The number of aromatic nitrogens is 2. The number of piperidine rings is 1. The largest absolute Gasteiger partial charge is 0.369 e. The van der Waals surface area contributed by atoms with Crippen molar-refractivity contribution in [3.8, 4) is 0 Å². The number of nitrogens with one attached hydrogen (secondary N) is 2. The summed E-state index contributed by atoms with van der Waals surface area (Å²) >= 11 is 0. The monoisotopic (exact) mass is 249 g/mol. The molecule has 0 saturated carbocycles. The second-order valence-electron chi connectivity index (χ2n) is 4.94. The first-order valence-corrected chi connectivity index (χ1v) is 6.79. The molecular weight excluding hydrogens is 226 g/mol. The maximum Gasteiger partial charge on any atom is 0.147 e. The van der Waals surface area contributed by atoms with Crippen molar-refractivity contribution in [3.63, 3.8) is 0 Å². The molecule has 0 aromatic carbocycles. The minimum Gasteiger partial charge on any atom is -0.369 e. The Bertz CT molecular complexity index is 360. The Hall–Kier alpha value is -1.36. The third-order valence-corrected chi connectivity index (χ3v) is 3.26. The lowest BCUT2D eigenvalue weighted by Crippen LogP contribution is -2.36. The smallest absolute Gasteiger partial charge is 0.147 e. The van der Waals surface area contributed by atoms with Crippen LogP contribution in [0.1, 0.15) is 26.2 Å². The zero-order chi connectivity index (χ0) is 12.8. The van der Waals surface area contributed by atoms with Gasteiger partial charge in [0.1, 0.15) is 11.6 Å². The van der Waals surface area contributed by atoms with Gasteiger partial charge in [-0.25, -0.2) is 4.98 Å². The van der Waals surface area contributed by atoms with Crippen LogP contribution < -0.4 is 10.6 Å². The van der Waals surface area contributed by atoms with Crippen LogP contribution in [0.15, 0.2) is 12.4 Å². The van der Waals surface area contributed by atoms with Crippen molar-refractivity contribution in [1.29, 1.82) is 0 Å². The van der Waals surface area contributed by atoms with Gasteiger partial charge in [-0.05, 0) is 39.4 Å². The normalized spacial score (nSPS) is 17.7. The first kappa shape index (κ1) is 13.1. The van der Waals surface area contributed by atoms with E-state index in [-0.39, 0.29) is 0 Å². The maximum atomic E-state index is 4.53. The minimum atomic E-state index is 0.525. The Kier molecular flexibility index (Phi) is 4.75. The van der Waals surface area contributed by atoms with Crippen LogP contribution in [0.3, 0.4) is 0 Å². The lowest BCUT2D eigenvalue weighted by molar-refractivity contribution is 0.263. The predicted octanol–water partition coefficient (Wildman–Crippen LogP) is 1.80. The molecule has 0 bridgehead atoms. The van der Waals surface area contributed by atoms with E-state index in [1.165, 1.54) is 12.8 Å². The Morgan fingerprint density at radius 3 is 2.72 bits per heavy atom. The third kappa shape index (κ3) is 3.84. The quantitative estimate of drug-likeness (QED) is 0.833. The Labute approximate surface area is 109 Å². The van der Waals surface area contributed by atoms with Crippen LogP contribution in [-0.4, -0.2) is 47.6 Å². The fraction of sp³-hybridized carbons (Fsp3) is 0.692. The van der Waals surface area contributed by atoms with Crippen LogP contribution in [0.25, 0.3) is 0 Å². The summed E-state index contributed by atoms with van der Waals surface area (Å²) in [4.78, 5) is 11.1. The molecule has 2 N–H and O–H groups in total. The summed E-state index contributed by atoms with van der Waals surface area (Å²) in [5, 5.41) is 6.74. The van der Waals surface area contributed by atoms with Gasteiger partial charge in [0.2, 0.25) is 0 Å². The first-order valence-electron chi connectivity index (χ1n) is 6.79. The van der Waals surface area contributed by atoms with E-state index in [4.69, 9.17) is 0 Å². The molecular formula is C13H23N5. The van der Waals surface area contributed by atoms with Gasteiger partial charge in [0.15, 0.2) is 0 Å². The van der Waals surface area contributed by atoms with Gasteiger partial charge >= 0.3 is 0 Å². The average Bonchev–Trinajstić information content (AvgIpc) is 2.40. The predicted molar refractivity (Wildman–Crippen MR) is 75.0 cm³/mol. The molecule has 0 amide bonds. The molecule has 1 aliphatic rings. The lowest BCUT2D eigenvalue weighted by Gasteiger charge is -2.29. The van der Waals surface area contributed by atoms with Crippen molar-refractivity contribution in [2.75, 3.05) is 37.3 Å². The zero-order valence-electron chi connectivity index (χ0n) is 11.3. The van der Waals surface area contributed by atoms with E-state index in [1.807, 2.05) is 0 Å². The highest BCUT2D eigenvalue weighted by molar-refractivity contribution is 5.42. The van der Waals surface area contributed by atoms with E-state index >= 15 is 0 Å². The molecule has 0 aliphatic carbocycles. The number of rotatable bonds is 5. The molecule has 0 radical (unpaired) electrons. The second kappa shape index (κ2) is 6.54. The molecule has 0 unspecified atom stereocenters. The van der Waals surface area contributed by atoms with E-state index in [0.717, 1.165) is 37.7 Å². The molecule has 1 aromatic rings. The molecule has 1 aliphatic heterocycles. The van der Waals surface area contributed by atoms with E-state index in [0.29, 0.717) is 6.04 Å². The molecule has 5 nitrogen and oxygen atoms in total. The molecule has 5 heteroatoms. The number of hydrogen-bond acceptors (Lipinski definition) is 5. The second-order valence-corrected chi connectivity index (χ2v) is 4.94. The highest BCUT2D eigenvalue weighted by Crippen LogP contribution is 2.14. The first-order chi connectivity index (χ1) is 8.78. The summed E-state index contributed by atoms with van der Waals surface area (Å²) in [5.74, 6) is 1.74. The summed E-state index contributed by atoms with van der Waals surface area (Å²) in [6.07, 6.45) is 7.01. The van der Waals surface area contributed by atoms with Gasteiger partial charge in [-0.3, -0.25) is 4.98 Å². The van der Waals surface area contributed by atoms with E-state index in [1.54, 1.807) is 12.4 Å². The Morgan fingerprint density at radius 2 is 2.00 bits per heavy atom. The molecule has 0 spiro atoms. The molecule has 100 valence electrons. The van der Waals surface area contributed by atoms with Crippen LogP contribution >= 0.6 is 0 Å². The number of hydrogen-bond donors (Lipinski definition) is 2. The molecule has 1 saturated heterocycles. The van der Waals surface area contributed by atoms with Crippen molar-refractivity contribution < 1.29 is 0 Å². The standard InChI is InChI=1S/C13H23N5/c1-3-6-15-12-9-14-10-13(17-12)16-11-4-7-18(2)8-5-11/h9-11H,3-8H2,1-2H3,(H2,15,16,17). The number of anilines is 2.